The first-order chi connectivity index (χ1) is 16.0. The molecule has 2 aliphatic rings. The summed E-state index contributed by atoms with van der Waals surface area (Å²) < 4.78 is 31.7. The molecule has 4 rings (SSSR count). The second-order valence-electron chi connectivity index (χ2n) is 8.11. The molecule has 33 heavy (non-hydrogen) atoms. The SMILES string of the molecule is Cc1c(Oc2cnc(CCN3CCOCC3)cc2F)ncnc1OC1CCN(C(=O)O)CC1. The lowest BCUT2D eigenvalue weighted by molar-refractivity contribution is 0.0383. The van der Waals surface area contributed by atoms with Crippen LogP contribution in [-0.4, -0.2) is 88.0 Å². The van der Waals surface area contributed by atoms with Crippen LogP contribution >= 0.6 is 0 Å². The Morgan fingerprint density at radius 2 is 1.91 bits per heavy atom. The second kappa shape index (κ2) is 10.7. The van der Waals surface area contributed by atoms with Crippen LogP contribution in [0.3, 0.4) is 0 Å². The first-order valence-corrected chi connectivity index (χ1v) is 11.1. The van der Waals surface area contributed by atoms with Crippen molar-refractivity contribution in [1.29, 1.82) is 0 Å². The van der Waals surface area contributed by atoms with Crippen LogP contribution in [0.5, 0.6) is 17.5 Å². The minimum atomic E-state index is -0.926. The van der Waals surface area contributed by atoms with Gasteiger partial charge in [0.25, 0.3) is 0 Å². The van der Waals surface area contributed by atoms with E-state index in [1.165, 1.54) is 23.5 Å². The van der Waals surface area contributed by atoms with Gasteiger partial charge in [-0.25, -0.2) is 19.2 Å². The monoisotopic (exact) mass is 461 g/mol. The van der Waals surface area contributed by atoms with Crippen LogP contribution in [0.15, 0.2) is 18.6 Å². The molecule has 0 spiro atoms. The number of nitrogens with zero attached hydrogens (tertiary/aromatic N) is 5. The predicted molar refractivity (Wildman–Crippen MR) is 115 cm³/mol. The first kappa shape index (κ1) is 23.1. The third kappa shape index (κ3) is 6.05. The van der Waals surface area contributed by atoms with Gasteiger partial charge in [0.05, 0.1) is 25.0 Å². The summed E-state index contributed by atoms with van der Waals surface area (Å²) in [5, 5.41) is 9.07. The molecule has 11 heteroatoms. The summed E-state index contributed by atoms with van der Waals surface area (Å²) >= 11 is 0. The number of pyridine rings is 1. The van der Waals surface area contributed by atoms with Crippen LogP contribution in [0, 0.1) is 12.7 Å². The number of carboxylic acid groups (broad SMARTS) is 1. The number of carbonyl (C=O) groups is 1. The Hall–Kier alpha value is -3.05. The molecule has 10 nitrogen and oxygen atoms in total. The molecule has 1 amide bonds. The van der Waals surface area contributed by atoms with Crippen molar-refractivity contribution in [2.24, 2.45) is 0 Å². The standard InChI is InChI=1S/C22H28FN5O5/c1-15-20(32-17-3-6-28(7-4-17)22(29)30)25-14-26-21(15)33-19-13-24-16(12-18(19)23)2-5-27-8-10-31-11-9-27/h12-14,17H,2-11H2,1H3,(H,29,30). The largest absolute Gasteiger partial charge is 0.474 e. The smallest absolute Gasteiger partial charge is 0.407 e. The number of piperidine rings is 1. The summed E-state index contributed by atoms with van der Waals surface area (Å²) in [5.41, 5.74) is 1.19. The van der Waals surface area contributed by atoms with Crippen LogP contribution in [0.1, 0.15) is 24.1 Å². The molecule has 2 aromatic rings. The van der Waals surface area contributed by atoms with Gasteiger partial charge < -0.3 is 24.2 Å². The predicted octanol–water partition coefficient (Wildman–Crippen LogP) is 2.51. The molecule has 2 fully saturated rings. The number of halogens is 1. The van der Waals surface area contributed by atoms with Crippen LogP contribution in [-0.2, 0) is 11.2 Å². The molecule has 2 aliphatic heterocycles. The molecule has 0 bridgehead atoms. The van der Waals surface area contributed by atoms with E-state index in [-0.39, 0.29) is 17.7 Å². The number of morpholine rings is 1. The van der Waals surface area contributed by atoms with E-state index in [9.17, 15) is 9.18 Å². The highest BCUT2D eigenvalue weighted by Crippen LogP contribution is 2.30. The Balaban J connectivity index is 1.36. The van der Waals surface area contributed by atoms with Crippen molar-refractivity contribution in [3.63, 3.8) is 0 Å². The normalized spacial score (nSPS) is 17.7. The molecule has 0 aromatic carbocycles. The zero-order valence-electron chi connectivity index (χ0n) is 18.6. The summed E-state index contributed by atoms with van der Waals surface area (Å²) in [6.45, 7) is 6.54. The quantitative estimate of drug-likeness (QED) is 0.665. The van der Waals surface area contributed by atoms with E-state index in [1.54, 1.807) is 6.92 Å². The lowest BCUT2D eigenvalue weighted by Gasteiger charge is -2.30. The highest BCUT2D eigenvalue weighted by Gasteiger charge is 2.25. The minimum Gasteiger partial charge on any atom is -0.474 e. The van der Waals surface area contributed by atoms with Crippen LogP contribution < -0.4 is 9.47 Å². The Bertz CT molecular complexity index is 964. The van der Waals surface area contributed by atoms with Crippen molar-refractivity contribution >= 4 is 6.09 Å². The highest BCUT2D eigenvalue weighted by molar-refractivity contribution is 5.65. The van der Waals surface area contributed by atoms with E-state index >= 15 is 0 Å². The van der Waals surface area contributed by atoms with Gasteiger partial charge in [0, 0.05) is 57.7 Å². The second-order valence-corrected chi connectivity index (χ2v) is 8.11. The molecule has 0 saturated carbocycles. The molecule has 0 unspecified atom stereocenters. The zero-order chi connectivity index (χ0) is 23.2. The maximum Gasteiger partial charge on any atom is 0.407 e. The van der Waals surface area contributed by atoms with Crippen LogP contribution in [0.25, 0.3) is 0 Å². The molecular formula is C22H28FN5O5. The first-order valence-electron chi connectivity index (χ1n) is 11.1. The average molecular weight is 461 g/mol. The van der Waals surface area contributed by atoms with Gasteiger partial charge in [0.1, 0.15) is 12.4 Å². The molecule has 2 aromatic heterocycles. The van der Waals surface area contributed by atoms with Gasteiger partial charge in [-0.15, -0.1) is 0 Å². The van der Waals surface area contributed by atoms with Gasteiger partial charge in [0.15, 0.2) is 11.6 Å². The van der Waals surface area contributed by atoms with Gasteiger partial charge >= 0.3 is 6.09 Å². The minimum absolute atomic E-state index is 0.0207. The van der Waals surface area contributed by atoms with Gasteiger partial charge in [-0.3, -0.25) is 9.88 Å². The van der Waals surface area contributed by atoms with E-state index in [4.69, 9.17) is 19.3 Å². The van der Waals surface area contributed by atoms with Crippen molar-refractivity contribution in [2.75, 3.05) is 45.9 Å². The Morgan fingerprint density at radius 1 is 1.18 bits per heavy atom. The molecule has 4 heterocycles. The molecule has 2 saturated heterocycles. The molecule has 178 valence electrons. The number of aromatic nitrogens is 3. The number of hydrogen-bond donors (Lipinski definition) is 1. The summed E-state index contributed by atoms with van der Waals surface area (Å²) in [7, 11) is 0. The summed E-state index contributed by atoms with van der Waals surface area (Å²) in [6, 6.07) is 1.39. The van der Waals surface area contributed by atoms with Crippen LogP contribution in [0.4, 0.5) is 9.18 Å². The van der Waals surface area contributed by atoms with E-state index in [0.29, 0.717) is 49.5 Å². The van der Waals surface area contributed by atoms with E-state index < -0.39 is 11.9 Å². The van der Waals surface area contributed by atoms with Gasteiger partial charge in [0.2, 0.25) is 11.8 Å². The third-order valence-electron chi connectivity index (χ3n) is 5.85. The third-order valence-corrected chi connectivity index (χ3v) is 5.85. The number of amides is 1. The maximum atomic E-state index is 14.7. The Kier molecular flexibility index (Phi) is 7.50. The van der Waals surface area contributed by atoms with Crippen molar-refractivity contribution in [3.8, 4) is 17.5 Å². The topological polar surface area (TPSA) is 110 Å². The maximum absolute atomic E-state index is 14.7. The Labute approximate surface area is 191 Å². The summed E-state index contributed by atoms with van der Waals surface area (Å²) in [6.07, 6.45) is 3.35. The van der Waals surface area contributed by atoms with E-state index in [0.717, 1.165) is 32.8 Å². The van der Waals surface area contributed by atoms with Crippen LogP contribution in [0.2, 0.25) is 0 Å². The lowest BCUT2D eigenvalue weighted by Crippen LogP contribution is -2.41. The van der Waals surface area contributed by atoms with Gasteiger partial charge in [-0.2, -0.15) is 0 Å². The van der Waals surface area contributed by atoms with Crippen molar-refractivity contribution in [2.45, 2.75) is 32.3 Å². The number of rotatable bonds is 7. The summed E-state index contributed by atoms with van der Waals surface area (Å²) in [5.74, 6) is -0.00912. The fraction of sp³-hybridized carbons (Fsp3) is 0.545. The fourth-order valence-corrected chi connectivity index (χ4v) is 3.83. The fourth-order valence-electron chi connectivity index (χ4n) is 3.83. The molecule has 0 aliphatic carbocycles. The lowest BCUT2D eigenvalue weighted by atomic mass is 10.1. The van der Waals surface area contributed by atoms with Gasteiger partial charge in [-0.05, 0) is 13.0 Å². The van der Waals surface area contributed by atoms with Crippen molar-refractivity contribution in [1.82, 2.24) is 24.8 Å². The van der Waals surface area contributed by atoms with E-state index in [2.05, 4.69) is 19.9 Å². The molecule has 1 N–H and O–H groups in total. The highest BCUT2D eigenvalue weighted by atomic mass is 19.1. The molecular weight excluding hydrogens is 433 g/mol. The van der Waals surface area contributed by atoms with Crippen molar-refractivity contribution < 1.29 is 28.5 Å². The van der Waals surface area contributed by atoms with E-state index in [1.807, 2.05) is 0 Å². The van der Waals surface area contributed by atoms with Crippen molar-refractivity contribution in [3.05, 3.63) is 35.7 Å². The summed E-state index contributed by atoms with van der Waals surface area (Å²) in [4.78, 5) is 27.3. The number of likely N-dealkylation sites (tertiary alicyclic amines) is 1. The molecule has 0 atom stereocenters. The average Bonchev–Trinajstić information content (AvgIpc) is 2.82. The zero-order valence-corrected chi connectivity index (χ0v) is 18.6. The number of hydrogen-bond acceptors (Lipinski definition) is 8. The number of ether oxygens (including phenoxy) is 3. The van der Waals surface area contributed by atoms with Gasteiger partial charge in [-0.1, -0.05) is 0 Å². The Morgan fingerprint density at radius 3 is 2.61 bits per heavy atom. The molecule has 0 radical (unpaired) electrons.